The van der Waals surface area contributed by atoms with Crippen molar-refractivity contribution in [1.82, 2.24) is 0 Å². The van der Waals surface area contributed by atoms with Gasteiger partial charge in [-0.1, -0.05) is 66.7 Å². The van der Waals surface area contributed by atoms with Gasteiger partial charge in [-0.05, 0) is 51.1 Å². The Balaban J connectivity index is 1.92. The van der Waals surface area contributed by atoms with E-state index in [-0.39, 0.29) is 0 Å². The van der Waals surface area contributed by atoms with Crippen LogP contribution in [0.5, 0.6) is 0 Å². The lowest BCUT2D eigenvalue weighted by Crippen LogP contribution is -1.84. The van der Waals surface area contributed by atoms with Gasteiger partial charge < -0.3 is 0 Å². The third kappa shape index (κ3) is 2.10. The fourth-order valence-corrected chi connectivity index (χ4v) is 5.34. The smallest absolute Gasteiger partial charge is 0.0434 e. The molecule has 0 saturated carbocycles. The SMILES string of the molecule is Ic1ccc(-c2cccc3c2sc2ccccc23)c2ccccc12. The molecule has 0 N–H and O–H groups in total. The van der Waals surface area contributed by atoms with Gasteiger partial charge >= 0.3 is 0 Å². The predicted molar refractivity (Wildman–Crippen MR) is 115 cm³/mol. The molecule has 0 nitrogen and oxygen atoms in total. The Morgan fingerprint density at radius 1 is 0.542 bits per heavy atom. The minimum Gasteiger partial charge on any atom is -0.135 e. The predicted octanol–water partition coefficient (Wildman–Crippen LogP) is 7.48. The summed E-state index contributed by atoms with van der Waals surface area (Å²) in [5.41, 5.74) is 2.66. The second-order valence-corrected chi connectivity index (χ2v) is 8.14. The van der Waals surface area contributed by atoms with E-state index in [1.807, 2.05) is 11.3 Å². The van der Waals surface area contributed by atoms with Crippen molar-refractivity contribution in [3.63, 3.8) is 0 Å². The van der Waals surface area contributed by atoms with Crippen LogP contribution in [0.3, 0.4) is 0 Å². The van der Waals surface area contributed by atoms with Crippen LogP contribution in [0.4, 0.5) is 0 Å². The number of hydrogen-bond donors (Lipinski definition) is 0. The molecule has 0 aliphatic rings. The van der Waals surface area contributed by atoms with Crippen molar-refractivity contribution in [3.05, 3.63) is 82.4 Å². The van der Waals surface area contributed by atoms with E-state index in [1.54, 1.807) is 0 Å². The first-order chi connectivity index (χ1) is 11.8. The number of hydrogen-bond acceptors (Lipinski definition) is 1. The molecule has 5 rings (SSSR count). The molecular formula is C22H13IS. The molecule has 5 aromatic rings. The highest BCUT2D eigenvalue weighted by molar-refractivity contribution is 14.1. The highest BCUT2D eigenvalue weighted by atomic mass is 127. The second-order valence-electron chi connectivity index (χ2n) is 5.92. The van der Waals surface area contributed by atoms with Gasteiger partial charge in [0.2, 0.25) is 0 Å². The summed E-state index contributed by atoms with van der Waals surface area (Å²) in [5.74, 6) is 0. The summed E-state index contributed by atoms with van der Waals surface area (Å²) < 4.78 is 4.04. The molecule has 2 heteroatoms. The first-order valence-electron chi connectivity index (χ1n) is 7.91. The van der Waals surface area contributed by atoms with E-state index >= 15 is 0 Å². The summed E-state index contributed by atoms with van der Waals surface area (Å²) in [5, 5.41) is 5.37. The van der Waals surface area contributed by atoms with Gasteiger partial charge in [0.1, 0.15) is 0 Å². The minimum absolute atomic E-state index is 1.30. The largest absolute Gasteiger partial charge is 0.135 e. The Bertz CT molecular complexity index is 1220. The Hall–Kier alpha value is -1.91. The molecule has 0 saturated heterocycles. The summed E-state index contributed by atoms with van der Waals surface area (Å²) in [6, 6.07) is 28.6. The fraction of sp³-hybridized carbons (Fsp3) is 0. The molecule has 0 bridgehead atoms. The summed E-state index contributed by atoms with van der Waals surface area (Å²) in [4.78, 5) is 0. The fourth-order valence-electron chi connectivity index (χ4n) is 3.46. The Labute approximate surface area is 157 Å². The molecule has 0 radical (unpaired) electrons. The molecule has 0 aliphatic heterocycles. The summed E-state index contributed by atoms with van der Waals surface area (Å²) >= 11 is 4.32. The second kappa shape index (κ2) is 5.57. The summed E-state index contributed by atoms with van der Waals surface area (Å²) in [7, 11) is 0. The van der Waals surface area contributed by atoms with E-state index in [0.29, 0.717) is 0 Å². The molecular weight excluding hydrogens is 423 g/mol. The van der Waals surface area contributed by atoms with Crippen LogP contribution >= 0.6 is 33.9 Å². The van der Waals surface area contributed by atoms with Crippen LogP contribution in [0, 0.1) is 3.57 Å². The van der Waals surface area contributed by atoms with E-state index in [0.717, 1.165) is 0 Å². The maximum atomic E-state index is 2.43. The van der Waals surface area contributed by atoms with Gasteiger partial charge in [-0.3, -0.25) is 0 Å². The Morgan fingerprint density at radius 3 is 2.12 bits per heavy atom. The average molecular weight is 436 g/mol. The maximum absolute atomic E-state index is 2.43. The lowest BCUT2D eigenvalue weighted by Gasteiger charge is -2.09. The van der Waals surface area contributed by atoms with Crippen molar-refractivity contribution in [1.29, 1.82) is 0 Å². The van der Waals surface area contributed by atoms with Crippen LogP contribution in [0.15, 0.2) is 78.9 Å². The monoisotopic (exact) mass is 436 g/mol. The van der Waals surface area contributed by atoms with E-state index < -0.39 is 0 Å². The topological polar surface area (TPSA) is 0 Å². The van der Waals surface area contributed by atoms with Crippen molar-refractivity contribution in [3.8, 4) is 11.1 Å². The van der Waals surface area contributed by atoms with Crippen LogP contribution in [0.25, 0.3) is 42.1 Å². The van der Waals surface area contributed by atoms with Gasteiger partial charge in [-0.25, -0.2) is 0 Å². The summed E-state index contributed by atoms with van der Waals surface area (Å²) in [6.07, 6.45) is 0. The number of rotatable bonds is 1. The maximum Gasteiger partial charge on any atom is 0.0434 e. The molecule has 0 amide bonds. The van der Waals surface area contributed by atoms with Crippen molar-refractivity contribution in [2.24, 2.45) is 0 Å². The highest BCUT2D eigenvalue weighted by Gasteiger charge is 2.12. The molecule has 0 spiro atoms. The van der Waals surface area contributed by atoms with Gasteiger partial charge in [0.15, 0.2) is 0 Å². The van der Waals surface area contributed by atoms with Gasteiger partial charge in [-0.2, -0.15) is 0 Å². The minimum atomic E-state index is 1.30. The normalized spacial score (nSPS) is 11.5. The molecule has 114 valence electrons. The first kappa shape index (κ1) is 14.4. The average Bonchev–Trinajstić information content (AvgIpc) is 3.01. The first-order valence-corrected chi connectivity index (χ1v) is 9.80. The molecule has 0 atom stereocenters. The van der Waals surface area contributed by atoms with Crippen LogP contribution in [0.2, 0.25) is 0 Å². The molecule has 0 aliphatic carbocycles. The van der Waals surface area contributed by atoms with Crippen molar-refractivity contribution < 1.29 is 0 Å². The highest BCUT2D eigenvalue weighted by Crippen LogP contribution is 2.42. The zero-order valence-corrected chi connectivity index (χ0v) is 15.8. The molecule has 0 unspecified atom stereocenters. The van der Waals surface area contributed by atoms with Crippen LogP contribution in [-0.2, 0) is 0 Å². The quantitative estimate of drug-likeness (QED) is 0.239. The molecule has 4 aromatic carbocycles. The third-order valence-electron chi connectivity index (χ3n) is 4.57. The third-order valence-corrected chi connectivity index (χ3v) is 6.73. The van der Waals surface area contributed by atoms with Crippen LogP contribution in [0.1, 0.15) is 0 Å². The van der Waals surface area contributed by atoms with E-state index in [1.165, 1.54) is 45.6 Å². The number of thiophene rings is 1. The number of benzene rings is 4. The standard InChI is InChI=1S/C22H13IS/c23-20-13-12-15(14-6-1-2-7-16(14)20)18-9-5-10-19-17-8-3-4-11-21(17)24-22(18)19/h1-13H. The molecule has 24 heavy (non-hydrogen) atoms. The lowest BCUT2D eigenvalue weighted by molar-refractivity contribution is 1.68. The Kier molecular flexibility index (Phi) is 3.35. The number of halogens is 1. The van der Waals surface area contributed by atoms with Gasteiger partial charge in [0.25, 0.3) is 0 Å². The van der Waals surface area contributed by atoms with E-state index in [2.05, 4.69) is 101 Å². The molecule has 1 heterocycles. The summed E-state index contributed by atoms with van der Waals surface area (Å²) in [6.45, 7) is 0. The lowest BCUT2D eigenvalue weighted by atomic mass is 9.97. The van der Waals surface area contributed by atoms with Crippen molar-refractivity contribution >= 4 is 64.9 Å². The van der Waals surface area contributed by atoms with Gasteiger partial charge in [0.05, 0.1) is 0 Å². The number of fused-ring (bicyclic) bond motifs is 4. The molecule has 0 fully saturated rings. The van der Waals surface area contributed by atoms with Crippen LogP contribution < -0.4 is 0 Å². The van der Waals surface area contributed by atoms with Crippen molar-refractivity contribution in [2.75, 3.05) is 0 Å². The van der Waals surface area contributed by atoms with Crippen molar-refractivity contribution in [2.45, 2.75) is 0 Å². The van der Waals surface area contributed by atoms with E-state index in [4.69, 9.17) is 0 Å². The van der Waals surface area contributed by atoms with Gasteiger partial charge in [0, 0.05) is 29.3 Å². The zero-order valence-electron chi connectivity index (χ0n) is 12.8. The van der Waals surface area contributed by atoms with Gasteiger partial charge in [-0.15, -0.1) is 11.3 Å². The Morgan fingerprint density at radius 2 is 1.25 bits per heavy atom. The zero-order chi connectivity index (χ0) is 16.1. The molecule has 1 aromatic heterocycles. The van der Waals surface area contributed by atoms with E-state index in [9.17, 15) is 0 Å². The van der Waals surface area contributed by atoms with Crippen LogP contribution in [-0.4, -0.2) is 0 Å².